The first kappa shape index (κ1) is 15.8. The van der Waals surface area contributed by atoms with E-state index in [-0.39, 0.29) is 0 Å². The second kappa shape index (κ2) is 8.02. The molecule has 0 radical (unpaired) electrons. The molecule has 1 atom stereocenters. The summed E-state index contributed by atoms with van der Waals surface area (Å²) in [5.41, 5.74) is 1.11. The molecule has 0 aliphatic rings. The summed E-state index contributed by atoms with van der Waals surface area (Å²) >= 11 is 0. The van der Waals surface area contributed by atoms with E-state index in [0.717, 1.165) is 30.2 Å². The van der Waals surface area contributed by atoms with Crippen molar-refractivity contribution in [1.29, 1.82) is 0 Å². The zero-order chi connectivity index (χ0) is 14.3. The maximum absolute atomic E-state index is 5.42. The van der Waals surface area contributed by atoms with Crippen LogP contribution in [0.25, 0.3) is 0 Å². The highest BCUT2D eigenvalue weighted by Gasteiger charge is 2.10. The van der Waals surface area contributed by atoms with Crippen LogP contribution in [0, 0.1) is 0 Å². The molecule has 0 aromatic heterocycles. The molecule has 4 heteroatoms. The van der Waals surface area contributed by atoms with Crippen molar-refractivity contribution in [2.75, 3.05) is 20.8 Å². The smallest absolute Gasteiger partial charge is 0.165 e. The first-order valence-electron chi connectivity index (χ1n) is 6.75. The van der Waals surface area contributed by atoms with Crippen LogP contribution in [0.1, 0.15) is 26.3 Å². The van der Waals surface area contributed by atoms with Crippen LogP contribution in [-0.4, -0.2) is 32.8 Å². The summed E-state index contributed by atoms with van der Waals surface area (Å²) in [6, 6.07) is 6.85. The highest BCUT2D eigenvalue weighted by atomic mass is 16.5. The molecule has 0 amide bonds. The highest BCUT2D eigenvalue weighted by molar-refractivity contribution is 5.46. The van der Waals surface area contributed by atoms with Crippen molar-refractivity contribution < 1.29 is 9.47 Å². The molecule has 1 rings (SSSR count). The molecule has 0 spiro atoms. The third kappa shape index (κ3) is 5.09. The number of para-hydroxylation sites is 1. The number of nitrogens with one attached hydrogen (secondary N) is 2. The van der Waals surface area contributed by atoms with Gasteiger partial charge < -0.3 is 20.1 Å². The highest BCUT2D eigenvalue weighted by Crippen LogP contribution is 2.30. The van der Waals surface area contributed by atoms with Crippen molar-refractivity contribution in [3.63, 3.8) is 0 Å². The molecule has 0 fully saturated rings. The van der Waals surface area contributed by atoms with Crippen LogP contribution in [0.4, 0.5) is 0 Å². The van der Waals surface area contributed by atoms with Gasteiger partial charge in [-0.05, 0) is 13.0 Å². The summed E-state index contributed by atoms with van der Waals surface area (Å²) in [6.45, 7) is 8.18. The SMILES string of the molecule is COc1cccc(CNC(C)CNC(C)C)c1OC. The molecule has 0 heterocycles. The molecule has 4 nitrogen and oxygen atoms in total. The van der Waals surface area contributed by atoms with Gasteiger partial charge in [0.2, 0.25) is 0 Å². The predicted molar refractivity (Wildman–Crippen MR) is 79.0 cm³/mol. The summed E-state index contributed by atoms with van der Waals surface area (Å²) in [4.78, 5) is 0. The third-order valence-corrected chi connectivity index (χ3v) is 2.96. The van der Waals surface area contributed by atoms with Gasteiger partial charge >= 0.3 is 0 Å². The molecule has 0 bridgehead atoms. The molecule has 1 unspecified atom stereocenters. The molecular weight excluding hydrogens is 240 g/mol. The maximum Gasteiger partial charge on any atom is 0.165 e. The first-order valence-corrected chi connectivity index (χ1v) is 6.75. The van der Waals surface area contributed by atoms with Crippen LogP contribution >= 0.6 is 0 Å². The van der Waals surface area contributed by atoms with Gasteiger partial charge in [-0.2, -0.15) is 0 Å². The van der Waals surface area contributed by atoms with Crippen molar-refractivity contribution in [3.8, 4) is 11.5 Å². The minimum absolute atomic E-state index is 0.401. The second-order valence-electron chi connectivity index (χ2n) is 5.00. The molecule has 0 aliphatic heterocycles. The lowest BCUT2D eigenvalue weighted by atomic mass is 10.1. The number of rotatable bonds is 8. The fourth-order valence-corrected chi connectivity index (χ4v) is 1.86. The van der Waals surface area contributed by atoms with E-state index in [1.807, 2.05) is 12.1 Å². The number of hydrogen-bond donors (Lipinski definition) is 2. The first-order chi connectivity index (χ1) is 9.08. The van der Waals surface area contributed by atoms with Gasteiger partial charge in [0, 0.05) is 30.7 Å². The van der Waals surface area contributed by atoms with Gasteiger partial charge in [0.1, 0.15) is 0 Å². The largest absolute Gasteiger partial charge is 0.493 e. The zero-order valence-corrected chi connectivity index (χ0v) is 12.6. The Morgan fingerprint density at radius 2 is 1.79 bits per heavy atom. The van der Waals surface area contributed by atoms with Crippen molar-refractivity contribution in [3.05, 3.63) is 23.8 Å². The minimum Gasteiger partial charge on any atom is -0.493 e. The van der Waals surface area contributed by atoms with Crippen molar-refractivity contribution >= 4 is 0 Å². The van der Waals surface area contributed by atoms with Crippen molar-refractivity contribution in [2.45, 2.75) is 39.4 Å². The van der Waals surface area contributed by atoms with E-state index in [1.165, 1.54) is 0 Å². The average Bonchev–Trinajstić information content (AvgIpc) is 2.42. The Hall–Kier alpha value is -1.26. The fourth-order valence-electron chi connectivity index (χ4n) is 1.86. The lowest BCUT2D eigenvalue weighted by Crippen LogP contribution is -2.38. The van der Waals surface area contributed by atoms with E-state index in [9.17, 15) is 0 Å². The standard InChI is InChI=1S/C15H26N2O2/c1-11(2)16-9-12(3)17-10-13-7-6-8-14(18-4)15(13)19-5/h6-8,11-12,16-17H,9-10H2,1-5H3. The Kier molecular flexibility index (Phi) is 6.67. The Morgan fingerprint density at radius 3 is 2.37 bits per heavy atom. The number of hydrogen-bond acceptors (Lipinski definition) is 4. The van der Waals surface area contributed by atoms with E-state index < -0.39 is 0 Å². The van der Waals surface area contributed by atoms with E-state index in [0.29, 0.717) is 12.1 Å². The minimum atomic E-state index is 0.401. The quantitative estimate of drug-likeness (QED) is 0.757. The van der Waals surface area contributed by atoms with Crippen LogP contribution in [0.2, 0.25) is 0 Å². The fraction of sp³-hybridized carbons (Fsp3) is 0.600. The Labute approximate surface area is 116 Å². The monoisotopic (exact) mass is 266 g/mol. The van der Waals surface area contributed by atoms with Gasteiger partial charge in [-0.3, -0.25) is 0 Å². The van der Waals surface area contributed by atoms with Crippen LogP contribution in [0.3, 0.4) is 0 Å². The maximum atomic E-state index is 5.42. The van der Waals surface area contributed by atoms with Gasteiger partial charge in [-0.15, -0.1) is 0 Å². The lowest BCUT2D eigenvalue weighted by Gasteiger charge is -2.18. The van der Waals surface area contributed by atoms with E-state index in [2.05, 4.69) is 37.5 Å². The predicted octanol–water partition coefficient (Wildman–Crippen LogP) is 2.18. The van der Waals surface area contributed by atoms with E-state index in [4.69, 9.17) is 9.47 Å². The Bertz CT molecular complexity index is 380. The molecule has 0 saturated heterocycles. The van der Waals surface area contributed by atoms with E-state index >= 15 is 0 Å². The summed E-state index contributed by atoms with van der Waals surface area (Å²) in [5, 5.41) is 6.90. The molecule has 108 valence electrons. The summed E-state index contributed by atoms with van der Waals surface area (Å²) in [7, 11) is 3.33. The normalized spacial score (nSPS) is 12.5. The van der Waals surface area contributed by atoms with Gasteiger partial charge in [0.15, 0.2) is 11.5 Å². The second-order valence-corrected chi connectivity index (χ2v) is 5.00. The molecule has 0 aliphatic carbocycles. The van der Waals surface area contributed by atoms with Gasteiger partial charge in [0.25, 0.3) is 0 Å². The van der Waals surface area contributed by atoms with Gasteiger partial charge in [-0.1, -0.05) is 26.0 Å². The number of benzene rings is 1. The number of ether oxygens (including phenoxy) is 2. The van der Waals surface area contributed by atoms with Crippen LogP contribution in [0.5, 0.6) is 11.5 Å². The molecule has 19 heavy (non-hydrogen) atoms. The Balaban J connectivity index is 2.57. The van der Waals surface area contributed by atoms with Gasteiger partial charge in [0.05, 0.1) is 14.2 Å². The lowest BCUT2D eigenvalue weighted by molar-refractivity contribution is 0.349. The number of methoxy groups -OCH3 is 2. The molecule has 2 N–H and O–H groups in total. The topological polar surface area (TPSA) is 42.5 Å². The molecule has 1 aromatic carbocycles. The van der Waals surface area contributed by atoms with Crippen LogP contribution < -0.4 is 20.1 Å². The summed E-state index contributed by atoms with van der Waals surface area (Å²) in [6.07, 6.45) is 0. The average molecular weight is 266 g/mol. The summed E-state index contributed by atoms with van der Waals surface area (Å²) in [5.74, 6) is 1.58. The summed E-state index contributed by atoms with van der Waals surface area (Å²) < 4.78 is 10.7. The molecule has 1 aromatic rings. The van der Waals surface area contributed by atoms with Crippen LogP contribution in [0.15, 0.2) is 18.2 Å². The van der Waals surface area contributed by atoms with Gasteiger partial charge in [-0.25, -0.2) is 0 Å². The zero-order valence-electron chi connectivity index (χ0n) is 12.6. The van der Waals surface area contributed by atoms with Crippen molar-refractivity contribution in [1.82, 2.24) is 10.6 Å². The van der Waals surface area contributed by atoms with Crippen LogP contribution in [-0.2, 0) is 6.54 Å². The molecular formula is C15H26N2O2. The third-order valence-electron chi connectivity index (χ3n) is 2.96. The van der Waals surface area contributed by atoms with Crippen molar-refractivity contribution in [2.24, 2.45) is 0 Å². The van der Waals surface area contributed by atoms with E-state index in [1.54, 1.807) is 14.2 Å². The Morgan fingerprint density at radius 1 is 1.05 bits per heavy atom. The molecule has 0 saturated carbocycles.